The number of hydrogen-bond acceptors (Lipinski definition) is 2. The minimum absolute atomic E-state index is 0.189. The van der Waals surface area contributed by atoms with Crippen molar-refractivity contribution in [1.29, 1.82) is 0 Å². The summed E-state index contributed by atoms with van der Waals surface area (Å²) in [5, 5.41) is 3.60. The average molecular weight is 328 g/mol. The Balaban J connectivity index is 2.30. The molecule has 0 fully saturated rings. The van der Waals surface area contributed by atoms with E-state index in [2.05, 4.69) is 43.4 Å². The van der Waals surface area contributed by atoms with Crippen LogP contribution in [0.25, 0.3) is 0 Å². The van der Waals surface area contributed by atoms with E-state index < -0.39 is 0 Å². The van der Waals surface area contributed by atoms with Crippen molar-refractivity contribution in [2.45, 2.75) is 32.2 Å². The minimum atomic E-state index is 0.189. The van der Waals surface area contributed by atoms with Gasteiger partial charge in [-0.15, -0.1) is 11.3 Å². The zero-order valence-corrected chi connectivity index (χ0v) is 14.0. The number of thiophene rings is 1. The van der Waals surface area contributed by atoms with Gasteiger partial charge in [0.2, 0.25) is 0 Å². The fraction of sp³-hybridized carbons (Fsp3) is 0.375. The smallest absolute Gasteiger partial charge is 0.0992 e. The van der Waals surface area contributed by atoms with Gasteiger partial charge in [0.05, 0.1) is 8.67 Å². The van der Waals surface area contributed by atoms with Crippen molar-refractivity contribution in [3.05, 3.63) is 56.2 Å². The standard InChI is InChI=1S/C16H19Cl2NS/c1-3-9-19-15(13-10-14(17)20-16(13)18)11(2)12-7-5-4-6-8-12/h4-8,10-11,15,19H,3,9H2,1-2H3. The summed E-state index contributed by atoms with van der Waals surface area (Å²) in [6.45, 7) is 5.36. The van der Waals surface area contributed by atoms with Gasteiger partial charge < -0.3 is 5.32 Å². The first-order chi connectivity index (χ1) is 9.63. The quantitative estimate of drug-likeness (QED) is 0.696. The second-order valence-electron chi connectivity index (χ2n) is 4.91. The molecule has 1 aromatic heterocycles. The lowest BCUT2D eigenvalue weighted by atomic mass is 9.89. The van der Waals surface area contributed by atoms with Crippen molar-refractivity contribution in [3.63, 3.8) is 0 Å². The maximum absolute atomic E-state index is 6.34. The zero-order chi connectivity index (χ0) is 14.5. The van der Waals surface area contributed by atoms with Gasteiger partial charge in [-0.25, -0.2) is 0 Å². The second kappa shape index (κ2) is 7.46. The van der Waals surface area contributed by atoms with Crippen LogP contribution in [-0.4, -0.2) is 6.54 Å². The number of halogens is 2. The summed E-state index contributed by atoms with van der Waals surface area (Å²) >= 11 is 13.9. The third-order valence-corrected chi connectivity index (χ3v) is 4.98. The van der Waals surface area contributed by atoms with E-state index in [0.717, 1.165) is 27.2 Å². The Morgan fingerprint density at radius 1 is 1.20 bits per heavy atom. The summed E-state index contributed by atoms with van der Waals surface area (Å²) in [5.41, 5.74) is 2.41. The summed E-state index contributed by atoms with van der Waals surface area (Å²) in [6, 6.07) is 12.7. The maximum atomic E-state index is 6.34. The van der Waals surface area contributed by atoms with E-state index in [-0.39, 0.29) is 6.04 Å². The molecule has 2 unspecified atom stereocenters. The fourth-order valence-electron chi connectivity index (χ4n) is 2.37. The molecule has 1 aromatic carbocycles. The molecule has 0 saturated carbocycles. The molecule has 0 aliphatic carbocycles. The third kappa shape index (κ3) is 3.76. The highest BCUT2D eigenvalue weighted by Crippen LogP contribution is 2.40. The van der Waals surface area contributed by atoms with E-state index in [0.29, 0.717) is 5.92 Å². The Bertz CT molecular complexity index is 539. The lowest BCUT2D eigenvalue weighted by Gasteiger charge is -2.25. The molecule has 0 spiro atoms. The Morgan fingerprint density at radius 3 is 2.45 bits per heavy atom. The van der Waals surface area contributed by atoms with Gasteiger partial charge in [0.25, 0.3) is 0 Å². The molecular weight excluding hydrogens is 309 g/mol. The molecule has 0 aliphatic heterocycles. The molecule has 20 heavy (non-hydrogen) atoms. The van der Waals surface area contributed by atoms with E-state index >= 15 is 0 Å². The highest BCUT2D eigenvalue weighted by Gasteiger charge is 2.24. The van der Waals surface area contributed by atoms with Crippen molar-refractivity contribution in [1.82, 2.24) is 5.32 Å². The van der Waals surface area contributed by atoms with E-state index in [4.69, 9.17) is 23.2 Å². The van der Waals surface area contributed by atoms with E-state index in [1.807, 2.05) is 12.1 Å². The molecule has 2 aromatic rings. The van der Waals surface area contributed by atoms with Crippen molar-refractivity contribution in [2.75, 3.05) is 6.54 Å². The van der Waals surface area contributed by atoms with Crippen LogP contribution in [0.1, 0.15) is 43.4 Å². The molecule has 1 heterocycles. The van der Waals surface area contributed by atoms with Crippen LogP contribution in [0.2, 0.25) is 8.67 Å². The molecular formula is C16H19Cl2NS. The van der Waals surface area contributed by atoms with Gasteiger partial charge in [-0.2, -0.15) is 0 Å². The van der Waals surface area contributed by atoms with E-state index in [9.17, 15) is 0 Å². The van der Waals surface area contributed by atoms with Crippen LogP contribution in [0, 0.1) is 0 Å². The van der Waals surface area contributed by atoms with Gasteiger partial charge >= 0.3 is 0 Å². The lowest BCUT2D eigenvalue weighted by molar-refractivity contribution is 0.467. The topological polar surface area (TPSA) is 12.0 Å². The SMILES string of the molecule is CCCNC(c1cc(Cl)sc1Cl)C(C)c1ccccc1. The normalized spacial score (nSPS) is 14.2. The van der Waals surface area contributed by atoms with E-state index in [1.165, 1.54) is 16.9 Å². The Morgan fingerprint density at radius 2 is 1.90 bits per heavy atom. The van der Waals surface area contributed by atoms with Crippen LogP contribution in [0.15, 0.2) is 36.4 Å². The molecule has 108 valence electrons. The molecule has 0 bridgehead atoms. The van der Waals surface area contributed by atoms with Gasteiger partial charge in [-0.3, -0.25) is 0 Å². The molecule has 4 heteroatoms. The molecule has 1 nitrogen and oxygen atoms in total. The van der Waals surface area contributed by atoms with Crippen molar-refractivity contribution >= 4 is 34.5 Å². The van der Waals surface area contributed by atoms with Crippen LogP contribution in [-0.2, 0) is 0 Å². The van der Waals surface area contributed by atoms with E-state index in [1.54, 1.807) is 0 Å². The molecule has 0 radical (unpaired) electrons. The van der Waals surface area contributed by atoms with Crippen molar-refractivity contribution < 1.29 is 0 Å². The summed E-state index contributed by atoms with van der Waals surface area (Å²) in [6.07, 6.45) is 1.09. The average Bonchev–Trinajstić information content (AvgIpc) is 2.79. The summed E-state index contributed by atoms with van der Waals surface area (Å²) in [5.74, 6) is 0.339. The third-order valence-electron chi connectivity index (χ3n) is 3.46. The van der Waals surface area contributed by atoms with Crippen LogP contribution in [0.5, 0.6) is 0 Å². The Hall–Kier alpha value is -0.540. The Kier molecular flexibility index (Phi) is 5.91. The summed E-state index contributed by atoms with van der Waals surface area (Å²) in [7, 11) is 0. The number of nitrogens with one attached hydrogen (secondary N) is 1. The van der Waals surface area contributed by atoms with Gasteiger partial charge in [0.1, 0.15) is 0 Å². The molecule has 0 saturated heterocycles. The number of benzene rings is 1. The largest absolute Gasteiger partial charge is 0.309 e. The van der Waals surface area contributed by atoms with Crippen LogP contribution >= 0.6 is 34.5 Å². The predicted molar refractivity (Wildman–Crippen MR) is 90.2 cm³/mol. The highest BCUT2D eigenvalue weighted by molar-refractivity contribution is 7.20. The van der Waals surface area contributed by atoms with Crippen LogP contribution in [0.4, 0.5) is 0 Å². The molecule has 0 aliphatic rings. The van der Waals surface area contributed by atoms with Gasteiger partial charge in [0, 0.05) is 17.5 Å². The fourth-order valence-corrected chi connectivity index (χ4v) is 3.92. The van der Waals surface area contributed by atoms with Crippen molar-refractivity contribution in [2.24, 2.45) is 0 Å². The van der Waals surface area contributed by atoms with Crippen molar-refractivity contribution in [3.8, 4) is 0 Å². The molecule has 0 amide bonds. The second-order valence-corrected chi connectivity index (χ2v) is 7.20. The molecule has 1 N–H and O–H groups in total. The first kappa shape index (κ1) is 15.8. The van der Waals surface area contributed by atoms with Gasteiger partial charge in [0.15, 0.2) is 0 Å². The highest BCUT2D eigenvalue weighted by atomic mass is 35.5. The first-order valence-electron chi connectivity index (χ1n) is 6.86. The molecule has 2 atom stereocenters. The molecule has 2 rings (SSSR count). The van der Waals surface area contributed by atoms with Crippen LogP contribution in [0.3, 0.4) is 0 Å². The van der Waals surface area contributed by atoms with Gasteiger partial charge in [-0.1, -0.05) is 67.4 Å². The minimum Gasteiger partial charge on any atom is -0.309 e. The first-order valence-corrected chi connectivity index (χ1v) is 8.43. The van der Waals surface area contributed by atoms with Gasteiger partial charge in [-0.05, 0) is 24.6 Å². The zero-order valence-electron chi connectivity index (χ0n) is 11.7. The summed E-state index contributed by atoms with van der Waals surface area (Å²) in [4.78, 5) is 0. The number of rotatable bonds is 6. The summed E-state index contributed by atoms with van der Waals surface area (Å²) < 4.78 is 1.53. The predicted octanol–water partition coefficient (Wildman–Crippen LogP) is 5.90. The monoisotopic (exact) mass is 327 g/mol. The van der Waals surface area contributed by atoms with Crippen LogP contribution < -0.4 is 5.32 Å². The maximum Gasteiger partial charge on any atom is 0.0992 e. The Labute approximate surface area is 134 Å². The lowest BCUT2D eigenvalue weighted by Crippen LogP contribution is -2.26. The number of hydrogen-bond donors (Lipinski definition) is 1.